The number of nitrogens with zero attached hydrogens (tertiary/aromatic N) is 4. The number of aliphatic imine (C=N–C) groups is 1. The van der Waals surface area contributed by atoms with Crippen molar-refractivity contribution in [2.24, 2.45) is 4.99 Å². The molecule has 9 nitrogen and oxygen atoms in total. The van der Waals surface area contributed by atoms with Crippen molar-refractivity contribution in [3.63, 3.8) is 0 Å². The molecule has 1 aliphatic heterocycles. The van der Waals surface area contributed by atoms with Gasteiger partial charge in [-0.1, -0.05) is 44.2 Å². The van der Waals surface area contributed by atoms with E-state index in [-0.39, 0.29) is 0 Å². The van der Waals surface area contributed by atoms with Crippen LogP contribution in [0.3, 0.4) is 0 Å². The molecule has 0 saturated carbocycles. The zero-order valence-electron chi connectivity index (χ0n) is 25.1. The van der Waals surface area contributed by atoms with Crippen molar-refractivity contribution in [3.05, 3.63) is 95.1 Å². The molecule has 1 unspecified atom stereocenters. The fourth-order valence-electron chi connectivity index (χ4n) is 5.00. The van der Waals surface area contributed by atoms with Crippen molar-refractivity contribution < 1.29 is 31.9 Å². The van der Waals surface area contributed by atoms with Crippen LogP contribution in [0.25, 0.3) is 0 Å². The van der Waals surface area contributed by atoms with Gasteiger partial charge in [0.1, 0.15) is 11.9 Å². The van der Waals surface area contributed by atoms with Gasteiger partial charge in [0, 0.05) is 24.8 Å². The third kappa shape index (κ3) is 8.09. The Labute approximate surface area is 258 Å². The highest BCUT2D eigenvalue weighted by Crippen LogP contribution is 2.33. The number of carbonyl (C=O) groups excluding carboxylic acids is 3. The lowest BCUT2D eigenvalue weighted by molar-refractivity contribution is -0.138. The van der Waals surface area contributed by atoms with Crippen LogP contribution in [0.4, 0.5) is 23.2 Å². The maximum atomic E-state index is 14.0. The highest BCUT2D eigenvalue weighted by Gasteiger charge is 2.36. The average Bonchev–Trinajstić information content (AvgIpc) is 3.12. The average molecular weight is 627 g/mol. The van der Waals surface area contributed by atoms with Gasteiger partial charge in [0.15, 0.2) is 0 Å². The Morgan fingerprint density at radius 1 is 1.04 bits per heavy atom. The molecule has 4 rings (SSSR count). The first-order valence-corrected chi connectivity index (χ1v) is 14.5. The number of pyridine rings is 1. The number of hydrogen-bond donors (Lipinski definition) is 2. The van der Waals surface area contributed by atoms with Crippen LogP contribution < -0.4 is 15.5 Å². The summed E-state index contributed by atoms with van der Waals surface area (Å²) in [6, 6.07) is 13.2. The Bertz CT molecular complexity index is 1560. The minimum Gasteiger partial charge on any atom is -0.344 e. The third-order valence-electron chi connectivity index (χ3n) is 7.43. The largest absolute Gasteiger partial charge is 0.416 e. The second-order valence-electron chi connectivity index (χ2n) is 10.4. The van der Waals surface area contributed by atoms with Gasteiger partial charge in [0.05, 0.1) is 29.1 Å². The number of amides is 3. The highest BCUT2D eigenvalue weighted by molar-refractivity contribution is 6.19. The molecule has 0 bridgehead atoms. The van der Waals surface area contributed by atoms with E-state index in [0.29, 0.717) is 41.8 Å². The van der Waals surface area contributed by atoms with Gasteiger partial charge in [-0.3, -0.25) is 19.4 Å². The van der Waals surface area contributed by atoms with Crippen molar-refractivity contribution in [1.82, 2.24) is 20.5 Å². The molecular weight excluding hydrogens is 592 g/mol. The molecule has 0 radical (unpaired) electrons. The lowest BCUT2D eigenvalue weighted by atomic mass is 10.0. The zero-order chi connectivity index (χ0) is 32.7. The summed E-state index contributed by atoms with van der Waals surface area (Å²) in [5.41, 5.74) is 0.365. The Hall–Kier alpha value is -4.65. The van der Waals surface area contributed by atoms with Gasteiger partial charge in [-0.25, -0.2) is 9.38 Å². The monoisotopic (exact) mass is 626 g/mol. The van der Waals surface area contributed by atoms with E-state index in [1.165, 1.54) is 6.92 Å². The Morgan fingerprint density at radius 3 is 2.42 bits per heavy atom. The molecule has 2 atom stereocenters. The summed E-state index contributed by atoms with van der Waals surface area (Å²) in [4.78, 5) is 52.7. The predicted molar refractivity (Wildman–Crippen MR) is 161 cm³/mol. The molecule has 2 heterocycles. The van der Waals surface area contributed by atoms with Crippen molar-refractivity contribution in [2.75, 3.05) is 31.1 Å². The van der Waals surface area contributed by atoms with Gasteiger partial charge in [0.25, 0.3) is 5.91 Å². The fourth-order valence-corrected chi connectivity index (χ4v) is 5.00. The summed E-state index contributed by atoms with van der Waals surface area (Å²) in [6.07, 6.45) is -5.43. The van der Waals surface area contributed by atoms with E-state index in [2.05, 4.69) is 25.5 Å². The van der Waals surface area contributed by atoms with Crippen LogP contribution in [0.5, 0.6) is 0 Å². The van der Waals surface area contributed by atoms with Gasteiger partial charge in [-0.05, 0) is 55.9 Å². The maximum absolute atomic E-state index is 14.0. The number of fused-ring (bicyclic) bond motifs is 1. The number of likely N-dealkylation sites (N-methyl/N-ethyl adjacent to an activating group) is 1. The minimum atomic E-state index is -4.88. The molecule has 2 N–H and O–H groups in total. The van der Waals surface area contributed by atoms with E-state index >= 15 is 0 Å². The van der Waals surface area contributed by atoms with E-state index in [1.54, 1.807) is 41.4 Å². The minimum absolute atomic E-state index is 0.306. The summed E-state index contributed by atoms with van der Waals surface area (Å²) < 4.78 is 53.7. The van der Waals surface area contributed by atoms with Crippen LogP contribution in [-0.4, -0.2) is 71.7 Å². The van der Waals surface area contributed by atoms with Crippen molar-refractivity contribution in [1.29, 1.82) is 0 Å². The first kappa shape index (κ1) is 33.2. The molecular formula is C32H34F4N6O3. The van der Waals surface area contributed by atoms with Gasteiger partial charge >= 0.3 is 6.18 Å². The number of aromatic nitrogens is 1. The summed E-state index contributed by atoms with van der Waals surface area (Å²) >= 11 is 0. The molecule has 1 aliphatic rings. The first-order valence-electron chi connectivity index (χ1n) is 14.5. The van der Waals surface area contributed by atoms with E-state index in [0.717, 1.165) is 25.2 Å². The number of para-hydroxylation sites is 1. The van der Waals surface area contributed by atoms with E-state index in [9.17, 15) is 31.9 Å². The van der Waals surface area contributed by atoms with Crippen LogP contribution in [-0.2, 0) is 27.0 Å². The molecule has 0 aliphatic carbocycles. The van der Waals surface area contributed by atoms with Gasteiger partial charge in [-0.15, -0.1) is 0 Å². The standard InChI is InChI=1S/C32H34F4N6O3/c1-4-41(5-2)16-17-42-26-12-7-6-10-23(26)28(25-11-8-9-15-37-25)39-29(31(42)45)40-30(44)20(3)38-27(43)18-21-13-14-22(33)19-24(21)32(34,35)36/h6-15,19-20,29H,4-5,16-18H2,1-3H3,(H,38,43)(H,40,44)/t20-,29?/m0/s1. The van der Waals surface area contributed by atoms with Crippen molar-refractivity contribution in [3.8, 4) is 0 Å². The zero-order valence-corrected chi connectivity index (χ0v) is 25.1. The second-order valence-corrected chi connectivity index (χ2v) is 10.4. The van der Waals surface area contributed by atoms with Gasteiger partial charge in [-0.2, -0.15) is 13.2 Å². The van der Waals surface area contributed by atoms with Crippen LogP contribution in [0, 0.1) is 5.82 Å². The summed E-state index contributed by atoms with van der Waals surface area (Å²) in [5, 5.41) is 4.96. The number of rotatable bonds is 11. The second kappa shape index (κ2) is 14.4. The Kier molecular flexibility index (Phi) is 10.7. The van der Waals surface area contributed by atoms with Gasteiger partial charge in [0.2, 0.25) is 18.0 Å². The molecule has 3 amide bonds. The van der Waals surface area contributed by atoms with Crippen LogP contribution in [0.15, 0.2) is 71.9 Å². The number of alkyl halides is 3. The fraction of sp³-hybridized carbons (Fsp3) is 0.344. The first-order chi connectivity index (χ1) is 21.4. The molecule has 238 valence electrons. The lowest BCUT2D eigenvalue weighted by Crippen LogP contribution is -2.53. The van der Waals surface area contributed by atoms with E-state index in [4.69, 9.17) is 0 Å². The number of carbonyl (C=O) groups is 3. The van der Waals surface area contributed by atoms with Crippen LogP contribution in [0.2, 0.25) is 0 Å². The molecule has 0 fully saturated rings. The molecule has 13 heteroatoms. The number of benzene rings is 2. The maximum Gasteiger partial charge on any atom is 0.416 e. The van der Waals surface area contributed by atoms with E-state index < -0.39 is 59.5 Å². The predicted octanol–water partition coefficient (Wildman–Crippen LogP) is 3.96. The Morgan fingerprint density at radius 2 is 1.76 bits per heavy atom. The normalized spacial score (nSPS) is 15.6. The van der Waals surface area contributed by atoms with Crippen LogP contribution >= 0.6 is 0 Å². The Balaban J connectivity index is 1.59. The van der Waals surface area contributed by atoms with Crippen molar-refractivity contribution in [2.45, 2.75) is 45.6 Å². The van der Waals surface area contributed by atoms with Crippen molar-refractivity contribution >= 4 is 29.1 Å². The smallest absolute Gasteiger partial charge is 0.344 e. The van der Waals surface area contributed by atoms with Gasteiger partial charge < -0.3 is 20.4 Å². The quantitative estimate of drug-likeness (QED) is 0.314. The summed E-state index contributed by atoms with van der Waals surface area (Å²) in [7, 11) is 0. The highest BCUT2D eigenvalue weighted by atomic mass is 19.4. The molecule has 45 heavy (non-hydrogen) atoms. The topological polar surface area (TPSA) is 107 Å². The molecule has 3 aromatic rings. The summed E-state index contributed by atoms with van der Waals surface area (Å²) in [6.45, 7) is 7.78. The number of anilines is 1. The SMILES string of the molecule is CCN(CC)CCN1C(=O)C(NC(=O)[C@H](C)NC(=O)Cc2ccc(F)cc2C(F)(F)F)N=C(c2ccccn2)c2ccccc21. The summed E-state index contributed by atoms with van der Waals surface area (Å²) in [5.74, 6) is -3.27. The van der Waals surface area contributed by atoms with Crippen LogP contribution in [0.1, 0.15) is 43.2 Å². The molecule has 1 aromatic heterocycles. The number of nitrogens with one attached hydrogen (secondary N) is 2. The van der Waals surface area contributed by atoms with E-state index in [1.807, 2.05) is 26.0 Å². The lowest BCUT2D eigenvalue weighted by Gasteiger charge is -2.28. The number of halogens is 4. The number of hydrogen-bond acceptors (Lipinski definition) is 6. The number of benzodiazepines with no additional fused rings is 1. The third-order valence-corrected chi connectivity index (χ3v) is 7.43. The molecule has 0 spiro atoms. The molecule has 0 saturated heterocycles. The molecule has 2 aromatic carbocycles.